The van der Waals surface area contributed by atoms with Crippen molar-refractivity contribution < 1.29 is 19.0 Å². The molecule has 1 unspecified atom stereocenters. The monoisotopic (exact) mass is 211 g/mol. The second-order valence-electron chi connectivity index (χ2n) is 3.04. The van der Waals surface area contributed by atoms with Gasteiger partial charge in [0, 0.05) is 5.56 Å². The van der Waals surface area contributed by atoms with Crippen molar-refractivity contribution in [3.05, 3.63) is 23.8 Å². The molecule has 0 saturated heterocycles. The molecule has 0 spiro atoms. The first kappa shape index (κ1) is 11.2. The summed E-state index contributed by atoms with van der Waals surface area (Å²) in [5.74, 6) is -2.15. The molecule has 0 fully saturated rings. The van der Waals surface area contributed by atoms with E-state index in [9.17, 15) is 14.3 Å². The van der Waals surface area contributed by atoms with Crippen LogP contribution in [0.4, 0.5) is 4.39 Å². The summed E-state index contributed by atoms with van der Waals surface area (Å²) >= 11 is 0. The molecule has 15 heavy (non-hydrogen) atoms. The molecule has 0 aliphatic heterocycles. The van der Waals surface area contributed by atoms with Crippen molar-refractivity contribution in [2.75, 3.05) is 7.11 Å². The first-order valence-corrected chi connectivity index (χ1v) is 4.16. The first-order chi connectivity index (χ1) is 7.01. The molecule has 0 heterocycles. The number of benzene rings is 1. The van der Waals surface area contributed by atoms with Gasteiger partial charge in [-0.1, -0.05) is 0 Å². The lowest BCUT2D eigenvalue weighted by molar-refractivity contribution is 0.205. The molecule has 4 nitrogen and oxygen atoms in total. The van der Waals surface area contributed by atoms with E-state index in [1.807, 2.05) is 0 Å². The molecule has 0 radical (unpaired) electrons. The topological polar surface area (TPSA) is 58.9 Å². The van der Waals surface area contributed by atoms with Crippen LogP contribution in [0.3, 0.4) is 0 Å². The van der Waals surface area contributed by atoms with Crippen molar-refractivity contribution in [1.29, 1.82) is 0 Å². The Balaban J connectivity index is 3.21. The highest BCUT2D eigenvalue weighted by Gasteiger charge is 2.25. The van der Waals surface area contributed by atoms with Crippen LogP contribution in [0.1, 0.15) is 12.5 Å². The number of hydrogen-bond acceptors (Lipinski definition) is 4. The van der Waals surface area contributed by atoms with Gasteiger partial charge in [-0.15, -0.1) is 0 Å². The number of halogens is 1. The number of methoxy groups -OCH3 is 1. The first-order valence-electron chi connectivity index (χ1n) is 4.16. The van der Waals surface area contributed by atoms with Gasteiger partial charge in [-0.2, -0.15) is 4.99 Å². The van der Waals surface area contributed by atoms with E-state index in [0.29, 0.717) is 0 Å². The highest BCUT2D eigenvalue weighted by atomic mass is 19.1. The maximum atomic E-state index is 13.7. The number of nitrogens with zero attached hydrogens (tertiary/aromatic N) is 1. The number of carbonyl (C=O) groups excluding carboxylic acids is 1. The number of rotatable bonds is 3. The largest absolute Gasteiger partial charge is 0.504 e. The third kappa shape index (κ3) is 2.33. The lowest BCUT2D eigenvalue weighted by atomic mass is 10.1. The molecule has 0 aliphatic rings. The summed E-state index contributed by atoms with van der Waals surface area (Å²) in [6.45, 7) is 1.11. The minimum Gasteiger partial charge on any atom is -0.504 e. The average molecular weight is 211 g/mol. The second-order valence-corrected chi connectivity index (χ2v) is 3.04. The van der Waals surface area contributed by atoms with Crippen molar-refractivity contribution in [2.45, 2.75) is 12.7 Å². The quantitative estimate of drug-likeness (QED) is 0.471. The second kappa shape index (κ2) is 4.11. The van der Waals surface area contributed by atoms with Gasteiger partial charge < -0.3 is 9.84 Å². The lowest BCUT2D eigenvalue weighted by Crippen LogP contribution is -2.11. The van der Waals surface area contributed by atoms with Gasteiger partial charge in [0.2, 0.25) is 11.9 Å². The lowest BCUT2D eigenvalue weighted by Gasteiger charge is -2.14. The summed E-state index contributed by atoms with van der Waals surface area (Å²) in [5, 5.41) is 9.28. The van der Waals surface area contributed by atoms with Crippen LogP contribution in [0.25, 0.3) is 0 Å². The maximum absolute atomic E-state index is 13.7. The Kier molecular flexibility index (Phi) is 3.07. The van der Waals surface area contributed by atoms with Crippen molar-refractivity contribution >= 4 is 6.08 Å². The summed E-state index contributed by atoms with van der Waals surface area (Å²) in [6.07, 6.45) is 1.16. The number of phenolic OH excluding ortho intramolecular Hbond substituents is 1. The van der Waals surface area contributed by atoms with E-state index in [4.69, 9.17) is 4.74 Å². The van der Waals surface area contributed by atoms with Crippen molar-refractivity contribution in [3.8, 4) is 11.5 Å². The maximum Gasteiger partial charge on any atom is 0.238 e. The molecular formula is C10H10FNO3. The summed E-state index contributed by atoms with van der Waals surface area (Å²) in [4.78, 5) is 13.0. The Morgan fingerprint density at radius 3 is 2.80 bits per heavy atom. The number of aliphatic imine (C=N–C) groups is 1. The molecule has 1 N–H and O–H groups in total. The minimum absolute atomic E-state index is 0.105. The third-order valence-corrected chi connectivity index (χ3v) is 1.96. The molecule has 1 atom stereocenters. The van der Waals surface area contributed by atoms with Crippen LogP contribution in [0.15, 0.2) is 23.2 Å². The van der Waals surface area contributed by atoms with E-state index >= 15 is 0 Å². The van der Waals surface area contributed by atoms with E-state index < -0.39 is 5.79 Å². The Morgan fingerprint density at radius 2 is 2.27 bits per heavy atom. The average Bonchev–Trinajstić information content (AvgIpc) is 2.18. The molecule has 0 amide bonds. The highest BCUT2D eigenvalue weighted by molar-refractivity contribution is 5.44. The predicted molar refractivity (Wildman–Crippen MR) is 51.2 cm³/mol. The summed E-state index contributed by atoms with van der Waals surface area (Å²) in [5.41, 5.74) is 0.112. The fourth-order valence-electron chi connectivity index (χ4n) is 1.11. The van der Waals surface area contributed by atoms with Crippen LogP contribution in [-0.4, -0.2) is 18.3 Å². The number of ether oxygens (including phenoxy) is 1. The smallest absolute Gasteiger partial charge is 0.238 e. The third-order valence-electron chi connectivity index (χ3n) is 1.96. The molecule has 1 aromatic carbocycles. The summed E-state index contributed by atoms with van der Waals surface area (Å²) in [6, 6.07) is 3.86. The van der Waals surface area contributed by atoms with Gasteiger partial charge in [-0.3, -0.25) is 0 Å². The Bertz CT molecular complexity index is 411. The van der Waals surface area contributed by atoms with Gasteiger partial charge in [0.15, 0.2) is 11.5 Å². The predicted octanol–water partition coefficient (Wildman–Crippen LogP) is 1.88. The van der Waals surface area contributed by atoms with Gasteiger partial charge in [0.1, 0.15) is 0 Å². The van der Waals surface area contributed by atoms with E-state index in [2.05, 4.69) is 4.99 Å². The Morgan fingerprint density at radius 1 is 1.60 bits per heavy atom. The van der Waals surface area contributed by atoms with Crippen molar-refractivity contribution in [3.63, 3.8) is 0 Å². The molecule has 0 aromatic heterocycles. The number of hydrogen-bond donors (Lipinski definition) is 1. The van der Waals surface area contributed by atoms with Gasteiger partial charge in [0.05, 0.1) is 7.11 Å². The molecular weight excluding hydrogens is 201 g/mol. The number of phenols is 1. The van der Waals surface area contributed by atoms with E-state index in [1.54, 1.807) is 0 Å². The highest BCUT2D eigenvalue weighted by Crippen LogP contribution is 2.33. The Hall–Kier alpha value is -1.87. The van der Waals surface area contributed by atoms with Crippen LogP contribution in [0.2, 0.25) is 0 Å². The van der Waals surface area contributed by atoms with E-state index in [0.717, 1.165) is 13.0 Å². The van der Waals surface area contributed by atoms with Gasteiger partial charge in [0.25, 0.3) is 0 Å². The standard InChI is InChI=1S/C10H10FNO3/c1-10(11,12-6-13)7-3-4-8(14)9(5-7)15-2/h3-5,14H,1-2H3. The molecule has 80 valence electrons. The fourth-order valence-corrected chi connectivity index (χ4v) is 1.11. The normalized spacial score (nSPS) is 13.8. The van der Waals surface area contributed by atoms with Crippen molar-refractivity contribution in [2.24, 2.45) is 4.99 Å². The molecule has 1 aromatic rings. The molecule has 5 heteroatoms. The number of alkyl halides is 1. The van der Waals surface area contributed by atoms with Crippen molar-refractivity contribution in [1.82, 2.24) is 0 Å². The zero-order valence-electron chi connectivity index (χ0n) is 8.32. The van der Waals surface area contributed by atoms with Gasteiger partial charge >= 0.3 is 0 Å². The van der Waals surface area contributed by atoms with Gasteiger partial charge in [-0.25, -0.2) is 9.18 Å². The van der Waals surface area contributed by atoms with Gasteiger partial charge in [-0.05, 0) is 25.1 Å². The zero-order valence-corrected chi connectivity index (χ0v) is 8.32. The Labute approximate surface area is 86.0 Å². The summed E-state index contributed by atoms with van der Waals surface area (Å²) < 4.78 is 18.5. The number of aromatic hydroxyl groups is 1. The molecule has 1 rings (SSSR count). The van der Waals surface area contributed by atoms with E-state index in [-0.39, 0.29) is 17.1 Å². The van der Waals surface area contributed by atoms with Crippen LogP contribution in [-0.2, 0) is 10.6 Å². The molecule has 0 saturated carbocycles. The zero-order chi connectivity index (χ0) is 11.5. The van der Waals surface area contributed by atoms with Crippen LogP contribution in [0.5, 0.6) is 11.5 Å². The molecule has 0 bridgehead atoms. The minimum atomic E-state index is -2.16. The summed E-state index contributed by atoms with van der Waals surface area (Å²) in [7, 11) is 1.34. The number of isocyanates is 1. The van der Waals surface area contributed by atoms with E-state index in [1.165, 1.54) is 25.3 Å². The fraction of sp³-hybridized carbons (Fsp3) is 0.300. The van der Waals surface area contributed by atoms with Crippen LogP contribution in [0, 0.1) is 0 Å². The molecule has 0 aliphatic carbocycles. The van der Waals surface area contributed by atoms with Crippen LogP contribution < -0.4 is 4.74 Å². The van der Waals surface area contributed by atoms with Crippen LogP contribution >= 0.6 is 0 Å². The SMILES string of the molecule is COc1cc(C(C)(F)N=C=O)ccc1O.